The zero-order valence-electron chi connectivity index (χ0n) is 19.9. The molecule has 2 fully saturated rings. The van der Waals surface area contributed by atoms with Gasteiger partial charge in [-0.3, -0.25) is 14.7 Å². The largest absolute Gasteiger partial charge is 0.379 e. The number of hydrogen-bond donors (Lipinski definition) is 2. The number of nitrogens with zero attached hydrogens (tertiary/aromatic N) is 3. The fourth-order valence-corrected chi connectivity index (χ4v) is 4.63. The van der Waals surface area contributed by atoms with E-state index in [1.807, 2.05) is 24.3 Å². The SMILES string of the molecule is CC(C)(CNC1CCN(c2ccc(C(=O)NCc3cccnc3)cc2)CC1)N1CCOCC1. The molecule has 3 heterocycles. The summed E-state index contributed by atoms with van der Waals surface area (Å²) in [6.07, 6.45) is 5.76. The van der Waals surface area contributed by atoms with E-state index in [4.69, 9.17) is 4.74 Å². The minimum absolute atomic E-state index is 0.0591. The number of aromatic nitrogens is 1. The summed E-state index contributed by atoms with van der Waals surface area (Å²) >= 11 is 0. The fourth-order valence-electron chi connectivity index (χ4n) is 4.63. The minimum atomic E-state index is -0.0591. The van der Waals surface area contributed by atoms with E-state index in [2.05, 4.69) is 51.4 Å². The predicted octanol–water partition coefficient (Wildman–Crippen LogP) is 2.68. The van der Waals surface area contributed by atoms with Crippen molar-refractivity contribution in [2.45, 2.75) is 44.8 Å². The van der Waals surface area contributed by atoms with Gasteiger partial charge in [-0.05, 0) is 62.6 Å². The summed E-state index contributed by atoms with van der Waals surface area (Å²) in [6.45, 7) is 11.9. The maximum absolute atomic E-state index is 12.5. The molecule has 0 unspecified atom stereocenters. The summed E-state index contributed by atoms with van der Waals surface area (Å²) < 4.78 is 5.50. The van der Waals surface area contributed by atoms with Gasteiger partial charge in [0.1, 0.15) is 0 Å². The second kappa shape index (κ2) is 11.1. The molecule has 0 saturated carbocycles. The summed E-state index contributed by atoms with van der Waals surface area (Å²) in [7, 11) is 0. The number of benzene rings is 1. The number of pyridine rings is 1. The van der Waals surface area contributed by atoms with Gasteiger partial charge in [0, 0.05) is 74.5 Å². The second-order valence-corrected chi connectivity index (χ2v) is 9.64. The smallest absolute Gasteiger partial charge is 0.251 e. The van der Waals surface area contributed by atoms with Gasteiger partial charge in [0.05, 0.1) is 13.2 Å². The quantitative estimate of drug-likeness (QED) is 0.643. The lowest BCUT2D eigenvalue weighted by molar-refractivity contribution is -0.0105. The maximum Gasteiger partial charge on any atom is 0.251 e. The molecule has 33 heavy (non-hydrogen) atoms. The van der Waals surface area contributed by atoms with Crippen molar-refractivity contribution in [3.8, 4) is 0 Å². The molecule has 2 aliphatic rings. The highest BCUT2D eigenvalue weighted by Crippen LogP contribution is 2.22. The van der Waals surface area contributed by atoms with E-state index in [9.17, 15) is 4.79 Å². The highest BCUT2D eigenvalue weighted by Gasteiger charge is 2.29. The predicted molar refractivity (Wildman–Crippen MR) is 132 cm³/mol. The molecule has 4 rings (SSSR count). The molecule has 0 atom stereocenters. The Morgan fingerprint density at radius 3 is 2.48 bits per heavy atom. The minimum Gasteiger partial charge on any atom is -0.379 e. The number of amides is 1. The van der Waals surface area contributed by atoms with Crippen LogP contribution in [0.1, 0.15) is 42.6 Å². The van der Waals surface area contributed by atoms with Crippen LogP contribution in [0.25, 0.3) is 0 Å². The molecule has 2 aromatic rings. The van der Waals surface area contributed by atoms with Crippen LogP contribution in [-0.4, -0.2) is 73.3 Å². The molecule has 0 bridgehead atoms. The Morgan fingerprint density at radius 1 is 1.09 bits per heavy atom. The van der Waals surface area contributed by atoms with Gasteiger partial charge in [0.2, 0.25) is 0 Å². The molecule has 0 aliphatic carbocycles. The van der Waals surface area contributed by atoms with E-state index in [0.29, 0.717) is 18.2 Å². The van der Waals surface area contributed by atoms with E-state index >= 15 is 0 Å². The van der Waals surface area contributed by atoms with Gasteiger partial charge in [0.25, 0.3) is 5.91 Å². The highest BCUT2D eigenvalue weighted by atomic mass is 16.5. The van der Waals surface area contributed by atoms with Gasteiger partial charge in [-0.2, -0.15) is 0 Å². The first-order valence-electron chi connectivity index (χ1n) is 12.1. The molecular weight excluding hydrogens is 414 g/mol. The van der Waals surface area contributed by atoms with E-state index in [0.717, 1.165) is 64.3 Å². The number of carbonyl (C=O) groups excluding carboxylic acids is 1. The normalized spacial score (nSPS) is 18.3. The Labute approximate surface area is 197 Å². The third-order valence-corrected chi connectivity index (χ3v) is 6.86. The number of ether oxygens (including phenoxy) is 1. The summed E-state index contributed by atoms with van der Waals surface area (Å²) in [5.74, 6) is -0.0591. The topological polar surface area (TPSA) is 69.7 Å². The van der Waals surface area contributed by atoms with Crippen LogP contribution in [0.15, 0.2) is 48.8 Å². The maximum atomic E-state index is 12.5. The average Bonchev–Trinajstić information content (AvgIpc) is 2.88. The van der Waals surface area contributed by atoms with Crippen LogP contribution in [0, 0.1) is 0 Å². The summed E-state index contributed by atoms with van der Waals surface area (Å²) in [5, 5.41) is 6.77. The number of hydrogen-bond acceptors (Lipinski definition) is 6. The zero-order chi connectivity index (χ0) is 23.1. The molecule has 7 nitrogen and oxygen atoms in total. The van der Waals surface area contributed by atoms with Crippen molar-refractivity contribution in [2.75, 3.05) is 50.8 Å². The molecule has 2 N–H and O–H groups in total. The first-order chi connectivity index (χ1) is 16.0. The van der Waals surface area contributed by atoms with Gasteiger partial charge < -0.3 is 20.3 Å². The average molecular weight is 452 g/mol. The fraction of sp³-hybridized carbons (Fsp3) is 0.538. The van der Waals surface area contributed by atoms with Crippen LogP contribution in [0.5, 0.6) is 0 Å². The first kappa shape index (κ1) is 23.7. The molecule has 1 aromatic heterocycles. The Kier molecular flexibility index (Phi) is 7.96. The molecule has 2 aliphatic heterocycles. The number of carbonyl (C=O) groups is 1. The van der Waals surface area contributed by atoms with Crippen LogP contribution in [0.2, 0.25) is 0 Å². The lowest BCUT2D eigenvalue weighted by Gasteiger charge is -2.42. The number of rotatable bonds is 8. The van der Waals surface area contributed by atoms with Crippen LogP contribution >= 0.6 is 0 Å². The van der Waals surface area contributed by atoms with Gasteiger partial charge in [0.15, 0.2) is 0 Å². The van der Waals surface area contributed by atoms with Crippen molar-refractivity contribution >= 4 is 11.6 Å². The van der Waals surface area contributed by atoms with Crippen LogP contribution in [-0.2, 0) is 11.3 Å². The molecule has 0 radical (unpaired) electrons. The third kappa shape index (κ3) is 6.53. The Balaban J connectivity index is 1.21. The number of anilines is 1. The van der Waals surface area contributed by atoms with Gasteiger partial charge in [-0.25, -0.2) is 0 Å². The number of morpholine rings is 1. The van der Waals surface area contributed by atoms with E-state index in [1.165, 1.54) is 5.69 Å². The second-order valence-electron chi connectivity index (χ2n) is 9.64. The molecule has 0 spiro atoms. The highest BCUT2D eigenvalue weighted by molar-refractivity contribution is 5.94. The van der Waals surface area contributed by atoms with Crippen LogP contribution in [0.3, 0.4) is 0 Å². The Bertz CT molecular complexity index is 873. The van der Waals surface area contributed by atoms with Gasteiger partial charge >= 0.3 is 0 Å². The lowest BCUT2D eigenvalue weighted by atomic mass is 9.99. The molecule has 178 valence electrons. The van der Waals surface area contributed by atoms with Crippen molar-refractivity contribution in [2.24, 2.45) is 0 Å². The molecule has 1 amide bonds. The molecule has 7 heteroatoms. The zero-order valence-corrected chi connectivity index (χ0v) is 19.9. The number of piperidine rings is 1. The lowest BCUT2D eigenvalue weighted by Crippen LogP contribution is -2.56. The number of nitrogens with one attached hydrogen (secondary N) is 2. The molecular formula is C26H37N5O2. The van der Waals surface area contributed by atoms with Crippen molar-refractivity contribution in [3.05, 3.63) is 59.9 Å². The van der Waals surface area contributed by atoms with Crippen molar-refractivity contribution in [1.82, 2.24) is 20.5 Å². The van der Waals surface area contributed by atoms with E-state index in [-0.39, 0.29) is 11.4 Å². The third-order valence-electron chi connectivity index (χ3n) is 6.86. The Morgan fingerprint density at radius 2 is 1.82 bits per heavy atom. The van der Waals surface area contributed by atoms with Crippen molar-refractivity contribution in [1.29, 1.82) is 0 Å². The Hall–Kier alpha value is -2.48. The monoisotopic (exact) mass is 451 g/mol. The summed E-state index contributed by atoms with van der Waals surface area (Å²) in [4.78, 5) is 21.5. The van der Waals surface area contributed by atoms with E-state index < -0.39 is 0 Å². The van der Waals surface area contributed by atoms with Crippen molar-refractivity contribution < 1.29 is 9.53 Å². The molecule has 1 aromatic carbocycles. The van der Waals surface area contributed by atoms with Crippen molar-refractivity contribution in [3.63, 3.8) is 0 Å². The first-order valence-corrected chi connectivity index (χ1v) is 12.1. The van der Waals surface area contributed by atoms with Crippen LogP contribution < -0.4 is 15.5 Å². The van der Waals surface area contributed by atoms with Gasteiger partial charge in [-0.15, -0.1) is 0 Å². The summed E-state index contributed by atoms with van der Waals surface area (Å²) in [6, 6.07) is 12.4. The standard InChI is InChI=1S/C26H37N5O2/c1-26(2,31-14-16-33-17-15-31)20-29-23-9-12-30(13-10-23)24-7-5-22(6-8-24)25(32)28-19-21-4-3-11-27-18-21/h3-8,11,18,23,29H,9-10,12-17,19-20H2,1-2H3,(H,28,32). The van der Waals surface area contributed by atoms with Crippen LogP contribution in [0.4, 0.5) is 5.69 Å². The summed E-state index contributed by atoms with van der Waals surface area (Å²) in [5.41, 5.74) is 3.01. The van der Waals surface area contributed by atoms with E-state index in [1.54, 1.807) is 12.4 Å². The molecule has 2 saturated heterocycles. The van der Waals surface area contributed by atoms with Gasteiger partial charge in [-0.1, -0.05) is 6.07 Å².